The van der Waals surface area contributed by atoms with Gasteiger partial charge in [0.25, 0.3) is 0 Å². The third kappa shape index (κ3) is 3.24. The Bertz CT molecular complexity index is 390. The van der Waals surface area contributed by atoms with Gasteiger partial charge >= 0.3 is 0 Å². The van der Waals surface area contributed by atoms with Gasteiger partial charge in [-0.25, -0.2) is 0 Å². The van der Waals surface area contributed by atoms with E-state index < -0.39 is 0 Å². The van der Waals surface area contributed by atoms with Crippen LogP contribution in [0.15, 0.2) is 24.3 Å². The Morgan fingerprint density at radius 3 is 2.94 bits per heavy atom. The maximum absolute atomic E-state index is 5.66. The molecule has 0 radical (unpaired) electrons. The molecule has 1 aliphatic rings. The molecule has 1 N–H and O–H groups in total. The van der Waals surface area contributed by atoms with E-state index in [1.54, 1.807) is 7.11 Å². The summed E-state index contributed by atoms with van der Waals surface area (Å²) in [5.41, 5.74) is 1.22. The van der Waals surface area contributed by atoms with Crippen LogP contribution in [0, 0.1) is 0 Å². The van der Waals surface area contributed by atoms with Gasteiger partial charge in [-0.15, -0.1) is 0 Å². The maximum atomic E-state index is 5.66. The molecule has 2 rings (SSSR count). The molecule has 0 fully saturated rings. The molecular formula is C15H23NO2. The lowest BCUT2D eigenvalue weighted by Gasteiger charge is -2.29. The first-order chi connectivity index (χ1) is 8.62. The Morgan fingerprint density at radius 1 is 1.39 bits per heavy atom. The zero-order valence-electron chi connectivity index (χ0n) is 11.5. The number of hydrogen-bond acceptors (Lipinski definition) is 3. The molecule has 0 saturated heterocycles. The number of hydrogen-bond donors (Lipinski definition) is 1. The van der Waals surface area contributed by atoms with E-state index in [1.165, 1.54) is 5.56 Å². The van der Waals surface area contributed by atoms with Gasteiger partial charge in [0.2, 0.25) is 0 Å². The molecule has 0 spiro atoms. The smallest absolute Gasteiger partial charge is 0.124 e. The summed E-state index contributed by atoms with van der Waals surface area (Å²) in [6.45, 7) is 5.99. The van der Waals surface area contributed by atoms with Gasteiger partial charge in [-0.2, -0.15) is 0 Å². The molecule has 1 aliphatic heterocycles. The molecule has 18 heavy (non-hydrogen) atoms. The molecule has 100 valence electrons. The third-order valence-corrected chi connectivity index (χ3v) is 3.63. The highest BCUT2D eigenvalue weighted by Crippen LogP contribution is 2.31. The molecule has 0 aromatic heterocycles. The summed E-state index contributed by atoms with van der Waals surface area (Å²) in [4.78, 5) is 0. The Kier molecular flexibility index (Phi) is 4.25. The molecule has 3 heteroatoms. The molecule has 0 bridgehead atoms. The second-order valence-corrected chi connectivity index (χ2v) is 5.40. The van der Waals surface area contributed by atoms with E-state index in [4.69, 9.17) is 9.47 Å². The molecule has 1 aromatic rings. The number of ether oxygens (including phenoxy) is 2. The predicted octanol–water partition coefficient (Wildman–Crippen LogP) is 2.91. The third-order valence-electron chi connectivity index (χ3n) is 3.63. The SMILES string of the molecule is COC(C)(C)CCNC1CCOc2ccccc21. The van der Waals surface area contributed by atoms with Gasteiger partial charge in [-0.1, -0.05) is 18.2 Å². The molecule has 1 aromatic carbocycles. The zero-order chi connectivity index (χ0) is 13.0. The van der Waals surface area contributed by atoms with Crippen molar-refractivity contribution in [1.82, 2.24) is 5.32 Å². The van der Waals surface area contributed by atoms with Gasteiger partial charge in [0.05, 0.1) is 12.2 Å². The van der Waals surface area contributed by atoms with Crippen LogP contribution in [0.1, 0.15) is 38.3 Å². The maximum Gasteiger partial charge on any atom is 0.124 e. The number of para-hydroxylation sites is 1. The van der Waals surface area contributed by atoms with Crippen molar-refractivity contribution < 1.29 is 9.47 Å². The standard InChI is InChI=1S/C15H23NO2/c1-15(2,17-3)9-10-16-13-8-11-18-14-7-5-4-6-12(13)14/h4-7,13,16H,8-11H2,1-3H3. The molecule has 1 atom stereocenters. The largest absolute Gasteiger partial charge is 0.493 e. The van der Waals surface area contributed by atoms with Crippen molar-refractivity contribution in [3.63, 3.8) is 0 Å². The van der Waals surface area contributed by atoms with Gasteiger partial charge in [0.15, 0.2) is 0 Å². The zero-order valence-corrected chi connectivity index (χ0v) is 11.5. The van der Waals surface area contributed by atoms with Crippen LogP contribution in [-0.4, -0.2) is 25.9 Å². The van der Waals surface area contributed by atoms with Crippen molar-refractivity contribution in [2.75, 3.05) is 20.3 Å². The Hall–Kier alpha value is -1.06. The van der Waals surface area contributed by atoms with Crippen LogP contribution in [-0.2, 0) is 4.74 Å². The number of methoxy groups -OCH3 is 1. The quantitative estimate of drug-likeness (QED) is 0.870. The van der Waals surface area contributed by atoms with Crippen LogP contribution in [0.3, 0.4) is 0 Å². The van der Waals surface area contributed by atoms with Crippen LogP contribution in [0.25, 0.3) is 0 Å². The van der Waals surface area contributed by atoms with Crippen molar-refractivity contribution >= 4 is 0 Å². The van der Waals surface area contributed by atoms with Crippen molar-refractivity contribution in [2.24, 2.45) is 0 Å². The van der Waals surface area contributed by atoms with Crippen LogP contribution >= 0.6 is 0 Å². The van der Waals surface area contributed by atoms with E-state index in [-0.39, 0.29) is 5.60 Å². The fourth-order valence-corrected chi connectivity index (χ4v) is 2.20. The van der Waals surface area contributed by atoms with E-state index in [2.05, 4.69) is 31.3 Å². The first-order valence-corrected chi connectivity index (χ1v) is 6.63. The first-order valence-electron chi connectivity index (χ1n) is 6.63. The van der Waals surface area contributed by atoms with Crippen molar-refractivity contribution in [1.29, 1.82) is 0 Å². The number of benzene rings is 1. The summed E-state index contributed by atoms with van der Waals surface area (Å²) < 4.78 is 11.1. The van der Waals surface area contributed by atoms with Crippen LogP contribution in [0.2, 0.25) is 0 Å². The fraction of sp³-hybridized carbons (Fsp3) is 0.600. The topological polar surface area (TPSA) is 30.5 Å². The van der Waals surface area contributed by atoms with Gasteiger partial charge in [0, 0.05) is 25.1 Å². The normalized spacial score (nSPS) is 19.2. The molecule has 0 amide bonds. The van der Waals surface area contributed by atoms with Crippen molar-refractivity contribution in [3.05, 3.63) is 29.8 Å². The second kappa shape index (κ2) is 5.72. The first kappa shape index (κ1) is 13.4. The lowest BCUT2D eigenvalue weighted by Crippen LogP contribution is -2.33. The summed E-state index contributed by atoms with van der Waals surface area (Å²) in [6, 6.07) is 8.69. The van der Waals surface area contributed by atoms with Gasteiger partial charge < -0.3 is 14.8 Å². The number of nitrogens with one attached hydrogen (secondary N) is 1. The minimum absolute atomic E-state index is 0.0579. The highest BCUT2D eigenvalue weighted by atomic mass is 16.5. The summed E-state index contributed by atoms with van der Waals surface area (Å²) in [5.74, 6) is 1.02. The molecule has 3 nitrogen and oxygen atoms in total. The molecular weight excluding hydrogens is 226 g/mol. The lowest BCUT2D eigenvalue weighted by atomic mass is 9.99. The van der Waals surface area contributed by atoms with Crippen molar-refractivity contribution in [2.45, 2.75) is 38.3 Å². The van der Waals surface area contributed by atoms with Gasteiger partial charge in [-0.3, -0.25) is 0 Å². The summed E-state index contributed by atoms with van der Waals surface area (Å²) in [6.07, 6.45) is 2.04. The highest BCUT2D eigenvalue weighted by Gasteiger charge is 2.22. The van der Waals surface area contributed by atoms with Gasteiger partial charge in [0.1, 0.15) is 5.75 Å². The van der Waals surface area contributed by atoms with Crippen LogP contribution in [0.5, 0.6) is 5.75 Å². The second-order valence-electron chi connectivity index (χ2n) is 5.40. The van der Waals surface area contributed by atoms with Crippen molar-refractivity contribution in [3.8, 4) is 5.75 Å². The monoisotopic (exact) mass is 249 g/mol. The number of fused-ring (bicyclic) bond motifs is 1. The summed E-state index contributed by atoms with van der Waals surface area (Å²) >= 11 is 0. The van der Waals surface area contributed by atoms with Crippen LogP contribution < -0.4 is 10.1 Å². The predicted molar refractivity (Wildman–Crippen MR) is 73.0 cm³/mol. The average molecular weight is 249 g/mol. The molecule has 0 aliphatic carbocycles. The van der Waals surface area contributed by atoms with E-state index >= 15 is 0 Å². The molecule has 0 saturated carbocycles. The number of rotatable bonds is 5. The molecule has 1 unspecified atom stereocenters. The lowest BCUT2D eigenvalue weighted by molar-refractivity contribution is 0.0151. The summed E-state index contributed by atoms with van der Waals surface area (Å²) in [5, 5.41) is 3.61. The van der Waals surface area contributed by atoms with Gasteiger partial charge in [-0.05, 0) is 32.9 Å². The Balaban J connectivity index is 1.92. The van der Waals surface area contributed by atoms with Crippen LogP contribution in [0.4, 0.5) is 0 Å². The van der Waals surface area contributed by atoms with E-state index in [0.29, 0.717) is 6.04 Å². The van der Waals surface area contributed by atoms with E-state index in [0.717, 1.165) is 31.7 Å². The highest BCUT2D eigenvalue weighted by molar-refractivity contribution is 5.37. The minimum Gasteiger partial charge on any atom is -0.493 e. The van der Waals surface area contributed by atoms with E-state index in [9.17, 15) is 0 Å². The Labute approximate surface area is 109 Å². The summed E-state index contributed by atoms with van der Waals surface area (Å²) in [7, 11) is 1.77. The van der Waals surface area contributed by atoms with E-state index in [1.807, 2.05) is 12.1 Å². The Morgan fingerprint density at radius 2 is 2.17 bits per heavy atom. The fourth-order valence-electron chi connectivity index (χ4n) is 2.20. The minimum atomic E-state index is -0.0579. The molecule has 1 heterocycles. The average Bonchev–Trinajstić information content (AvgIpc) is 2.39.